The van der Waals surface area contributed by atoms with Gasteiger partial charge in [0.1, 0.15) is 11.5 Å². The fourth-order valence-corrected chi connectivity index (χ4v) is 2.16. The van der Waals surface area contributed by atoms with E-state index in [4.69, 9.17) is 21.1 Å². The van der Waals surface area contributed by atoms with Crippen molar-refractivity contribution < 1.29 is 9.47 Å². The van der Waals surface area contributed by atoms with Gasteiger partial charge in [0.05, 0.1) is 19.4 Å². The molecule has 0 saturated carbocycles. The molecule has 0 amide bonds. The molecule has 0 atom stereocenters. The van der Waals surface area contributed by atoms with Gasteiger partial charge >= 0.3 is 0 Å². The Morgan fingerprint density at radius 2 is 1.90 bits per heavy atom. The number of para-hydroxylation sites is 2. The molecule has 4 heteroatoms. The molecule has 0 bridgehead atoms. The maximum atomic E-state index is 6.03. The van der Waals surface area contributed by atoms with Crippen molar-refractivity contribution in [2.45, 2.75) is 13.5 Å². The van der Waals surface area contributed by atoms with Crippen LogP contribution in [-0.2, 0) is 6.54 Å². The Bertz CT molecular complexity index is 572. The van der Waals surface area contributed by atoms with Crippen LogP contribution in [0.1, 0.15) is 12.5 Å². The smallest absolute Gasteiger partial charge is 0.142 e. The van der Waals surface area contributed by atoms with E-state index < -0.39 is 0 Å². The summed E-state index contributed by atoms with van der Waals surface area (Å²) in [5.41, 5.74) is 1.96. The van der Waals surface area contributed by atoms with E-state index in [1.807, 2.05) is 49.4 Å². The summed E-state index contributed by atoms with van der Waals surface area (Å²) in [5.74, 6) is 1.66. The second-order valence-electron chi connectivity index (χ2n) is 4.24. The van der Waals surface area contributed by atoms with Crippen molar-refractivity contribution in [1.82, 2.24) is 0 Å². The van der Waals surface area contributed by atoms with Gasteiger partial charge in [0, 0.05) is 17.1 Å². The minimum atomic E-state index is 0.619. The second-order valence-corrected chi connectivity index (χ2v) is 4.68. The van der Waals surface area contributed by atoms with Gasteiger partial charge in [-0.15, -0.1) is 0 Å². The first-order valence-corrected chi connectivity index (χ1v) is 6.90. The first kappa shape index (κ1) is 14.5. The Kier molecular flexibility index (Phi) is 5.13. The first-order valence-electron chi connectivity index (χ1n) is 6.52. The number of benzene rings is 2. The number of nitrogens with one attached hydrogen (secondary N) is 1. The molecule has 106 valence electrons. The fraction of sp³-hybridized carbons (Fsp3) is 0.250. The van der Waals surface area contributed by atoms with E-state index in [0.29, 0.717) is 18.2 Å². The number of methoxy groups -OCH3 is 1. The van der Waals surface area contributed by atoms with E-state index in [1.165, 1.54) is 0 Å². The fourth-order valence-electron chi connectivity index (χ4n) is 1.97. The van der Waals surface area contributed by atoms with Gasteiger partial charge in [0.2, 0.25) is 0 Å². The zero-order valence-corrected chi connectivity index (χ0v) is 12.4. The van der Waals surface area contributed by atoms with Crippen LogP contribution in [0.25, 0.3) is 0 Å². The van der Waals surface area contributed by atoms with Gasteiger partial charge in [-0.3, -0.25) is 0 Å². The van der Waals surface area contributed by atoms with Crippen LogP contribution in [0.2, 0.25) is 5.02 Å². The number of hydrogen-bond acceptors (Lipinski definition) is 3. The van der Waals surface area contributed by atoms with Gasteiger partial charge in [-0.2, -0.15) is 0 Å². The Morgan fingerprint density at radius 3 is 2.65 bits per heavy atom. The van der Waals surface area contributed by atoms with Crippen LogP contribution >= 0.6 is 11.6 Å². The third-order valence-corrected chi connectivity index (χ3v) is 3.13. The van der Waals surface area contributed by atoms with Gasteiger partial charge in [-0.1, -0.05) is 23.7 Å². The van der Waals surface area contributed by atoms with Crippen molar-refractivity contribution in [3.63, 3.8) is 0 Å². The summed E-state index contributed by atoms with van der Waals surface area (Å²) in [6.07, 6.45) is 0. The highest BCUT2D eigenvalue weighted by Crippen LogP contribution is 2.27. The second kappa shape index (κ2) is 7.06. The standard InChI is InChI=1S/C16H18ClNO2/c1-3-20-16-7-5-4-6-14(16)18-11-12-10-13(17)8-9-15(12)19-2/h4-10,18H,3,11H2,1-2H3. The molecule has 0 aliphatic heterocycles. The number of anilines is 1. The summed E-state index contributed by atoms with van der Waals surface area (Å²) in [6, 6.07) is 13.4. The molecule has 20 heavy (non-hydrogen) atoms. The predicted octanol–water partition coefficient (Wildman–Crippen LogP) is 4.36. The lowest BCUT2D eigenvalue weighted by molar-refractivity contribution is 0.341. The molecule has 2 aromatic rings. The molecule has 1 N–H and O–H groups in total. The van der Waals surface area contributed by atoms with E-state index >= 15 is 0 Å². The third-order valence-electron chi connectivity index (χ3n) is 2.90. The van der Waals surface area contributed by atoms with Crippen molar-refractivity contribution in [1.29, 1.82) is 0 Å². The van der Waals surface area contributed by atoms with Crippen molar-refractivity contribution >= 4 is 17.3 Å². The minimum Gasteiger partial charge on any atom is -0.496 e. The molecular weight excluding hydrogens is 274 g/mol. The molecule has 0 aliphatic carbocycles. The largest absolute Gasteiger partial charge is 0.496 e. The number of rotatable bonds is 6. The summed E-state index contributed by atoms with van der Waals surface area (Å²) in [5, 5.41) is 4.05. The molecule has 0 spiro atoms. The molecule has 0 radical (unpaired) electrons. The average Bonchev–Trinajstić information content (AvgIpc) is 2.47. The highest BCUT2D eigenvalue weighted by molar-refractivity contribution is 6.30. The number of hydrogen-bond donors (Lipinski definition) is 1. The van der Waals surface area contributed by atoms with Crippen LogP contribution in [0.4, 0.5) is 5.69 Å². The predicted molar refractivity (Wildman–Crippen MR) is 82.9 cm³/mol. The number of ether oxygens (including phenoxy) is 2. The van der Waals surface area contributed by atoms with Gasteiger partial charge in [0.15, 0.2) is 0 Å². The van der Waals surface area contributed by atoms with Crippen LogP contribution in [0.5, 0.6) is 11.5 Å². The molecular formula is C16H18ClNO2. The Morgan fingerprint density at radius 1 is 1.10 bits per heavy atom. The zero-order chi connectivity index (χ0) is 14.4. The Labute approximate surface area is 124 Å². The van der Waals surface area contributed by atoms with Crippen molar-refractivity contribution in [3.05, 3.63) is 53.1 Å². The van der Waals surface area contributed by atoms with E-state index in [0.717, 1.165) is 22.7 Å². The quantitative estimate of drug-likeness (QED) is 0.858. The van der Waals surface area contributed by atoms with Crippen molar-refractivity contribution in [3.8, 4) is 11.5 Å². The zero-order valence-electron chi connectivity index (χ0n) is 11.7. The maximum absolute atomic E-state index is 6.03. The van der Waals surface area contributed by atoms with Gasteiger partial charge in [-0.25, -0.2) is 0 Å². The summed E-state index contributed by atoms with van der Waals surface area (Å²) in [7, 11) is 1.65. The lowest BCUT2D eigenvalue weighted by atomic mass is 10.2. The van der Waals surface area contributed by atoms with Gasteiger partial charge in [0.25, 0.3) is 0 Å². The SMILES string of the molecule is CCOc1ccccc1NCc1cc(Cl)ccc1OC. The molecule has 0 aromatic heterocycles. The van der Waals surface area contributed by atoms with Crippen LogP contribution < -0.4 is 14.8 Å². The highest BCUT2D eigenvalue weighted by atomic mass is 35.5. The minimum absolute atomic E-state index is 0.619. The van der Waals surface area contributed by atoms with Crippen LogP contribution in [0.3, 0.4) is 0 Å². The average molecular weight is 292 g/mol. The maximum Gasteiger partial charge on any atom is 0.142 e. The number of halogens is 1. The van der Waals surface area contributed by atoms with E-state index in [-0.39, 0.29) is 0 Å². The van der Waals surface area contributed by atoms with E-state index in [2.05, 4.69) is 5.32 Å². The monoisotopic (exact) mass is 291 g/mol. The first-order chi connectivity index (χ1) is 9.74. The molecule has 0 saturated heterocycles. The summed E-state index contributed by atoms with van der Waals surface area (Å²) < 4.78 is 10.9. The molecule has 3 nitrogen and oxygen atoms in total. The third kappa shape index (κ3) is 3.58. The normalized spacial score (nSPS) is 10.2. The lowest BCUT2D eigenvalue weighted by Crippen LogP contribution is -2.04. The lowest BCUT2D eigenvalue weighted by Gasteiger charge is -2.14. The van der Waals surface area contributed by atoms with Crippen LogP contribution in [0.15, 0.2) is 42.5 Å². The van der Waals surface area contributed by atoms with Crippen LogP contribution in [-0.4, -0.2) is 13.7 Å². The topological polar surface area (TPSA) is 30.5 Å². The summed E-state index contributed by atoms with van der Waals surface area (Å²) in [6.45, 7) is 3.23. The molecule has 0 fully saturated rings. The molecule has 0 unspecified atom stereocenters. The van der Waals surface area contributed by atoms with Crippen molar-refractivity contribution in [2.24, 2.45) is 0 Å². The van der Waals surface area contributed by atoms with E-state index in [9.17, 15) is 0 Å². The Balaban J connectivity index is 2.14. The van der Waals surface area contributed by atoms with Gasteiger partial charge < -0.3 is 14.8 Å². The highest BCUT2D eigenvalue weighted by Gasteiger charge is 2.06. The Hall–Kier alpha value is -1.87. The molecule has 0 heterocycles. The summed E-state index contributed by atoms with van der Waals surface area (Å²) >= 11 is 6.03. The molecule has 0 aliphatic rings. The molecule has 2 aromatic carbocycles. The summed E-state index contributed by atoms with van der Waals surface area (Å²) in [4.78, 5) is 0. The van der Waals surface area contributed by atoms with Crippen molar-refractivity contribution in [2.75, 3.05) is 19.0 Å². The molecule has 2 rings (SSSR count). The van der Waals surface area contributed by atoms with Gasteiger partial charge in [-0.05, 0) is 37.3 Å². The van der Waals surface area contributed by atoms with Crippen LogP contribution in [0, 0.1) is 0 Å². The van der Waals surface area contributed by atoms with E-state index in [1.54, 1.807) is 7.11 Å².